The molecule has 8 heteroatoms. The molecule has 2 rings (SSSR count). The average molecular weight is 362 g/mol. The fourth-order valence-corrected chi connectivity index (χ4v) is 2.16. The highest BCUT2D eigenvalue weighted by atomic mass is 35.5. The van der Waals surface area contributed by atoms with E-state index in [1.54, 1.807) is 0 Å². The lowest BCUT2D eigenvalue weighted by Gasteiger charge is -2.12. The van der Waals surface area contributed by atoms with E-state index in [2.05, 4.69) is 11.1 Å². The van der Waals surface area contributed by atoms with Crippen LogP contribution in [-0.4, -0.2) is 0 Å². The van der Waals surface area contributed by atoms with E-state index in [-0.39, 0.29) is 17.2 Å². The largest absolute Gasteiger partial charge is 0.498 e. The third-order valence-electron chi connectivity index (χ3n) is 2.84. The van der Waals surface area contributed by atoms with E-state index in [1.165, 1.54) is 18.2 Å². The molecule has 0 saturated heterocycles. The molecule has 0 radical (unpaired) electrons. The van der Waals surface area contributed by atoms with Crippen molar-refractivity contribution in [1.29, 1.82) is 0 Å². The second-order valence-corrected chi connectivity index (χ2v) is 5.24. The normalized spacial score (nSPS) is 10.8. The van der Waals surface area contributed by atoms with Crippen LogP contribution in [-0.2, 0) is 12.6 Å². The third-order valence-corrected chi connectivity index (χ3v) is 3.50. The molecular formula is C15H8Cl2F3NO2. The Labute approximate surface area is 139 Å². The molecule has 3 nitrogen and oxygen atoms in total. The Morgan fingerprint density at radius 1 is 1.09 bits per heavy atom. The summed E-state index contributed by atoms with van der Waals surface area (Å²) in [6, 6.07) is 9.56. The summed E-state index contributed by atoms with van der Waals surface area (Å²) in [6.45, 7) is 0. The standard InChI is InChI=1S/C15H8Cl2F3NO2/c16-12-3-2-11(7-9(12)5-6-21-22)23-14-4-1-10(8-13(14)17)15(18,19)20/h1-4,7-8H,5H2. The van der Waals surface area contributed by atoms with Gasteiger partial charge >= 0.3 is 12.2 Å². The second-order valence-electron chi connectivity index (χ2n) is 4.42. The molecule has 23 heavy (non-hydrogen) atoms. The molecule has 0 N–H and O–H groups in total. The molecule has 0 spiro atoms. The van der Waals surface area contributed by atoms with E-state index < -0.39 is 11.7 Å². The van der Waals surface area contributed by atoms with Gasteiger partial charge in [-0.25, -0.2) is 0 Å². The van der Waals surface area contributed by atoms with Crippen LogP contribution < -0.4 is 4.74 Å². The fraction of sp³-hybridized carbons (Fsp3) is 0.133. The lowest BCUT2D eigenvalue weighted by Crippen LogP contribution is -2.04. The molecule has 2 aromatic rings. The van der Waals surface area contributed by atoms with Crippen LogP contribution in [0.15, 0.2) is 36.4 Å². The number of hydrogen-bond donors (Lipinski definition) is 0. The van der Waals surface area contributed by atoms with Crippen LogP contribution in [0.4, 0.5) is 13.2 Å². The smallest absolute Gasteiger partial charge is 0.416 e. The SMILES string of the molecule is [O-][N+]#CCc1cc(Oc2ccc(C(F)(F)F)cc2Cl)ccc1Cl. The molecule has 0 heterocycles. The van der Waals surface area contributed by atoms with Gasteiger partial charge in [-0.2, -0.15) is 13.2 Å². The van der Waals surface area contributed by atoms with Crippen molar-refractivity contribution < 1.29 is 17.9 Å². The Morgan fingerprint density at radius 2 is 1.83 bits per heavy atom. The highest BCUT2D eigenvalue weighted by Gasteiger charge is 2.31. The van der Waals surface area contributed by atoms with Gasteiger partial charge in [0.1, 0.15) is 17.9 Å². The molecule has 120 valence electrons. The first-order valence-electron chi connectivity index (χ1n) is 6.19. The molecule has 2 aromatic carbocycles. The van der Waals surface area contributed by atoms with E-state index >= 15 is 0 Å². The summed E-state index contributed by atoms with van der Waals surface area (Å²) in [5, 5.41) is 12.8. The molecule has 0 aliphatic carbocycles. The van der Waals surface area contributed by atoms with Crippen molar-refractivity contribution in [3.05, 3.63) is 67.8 Å². The molecule has 0 atom stereocenters. The summed E-state index contributed by atoms with van der Waals surface area (Å²) < 4.78 is 43.2. The van der Waals surface area contributed by atoms with Gasteiger partial charge in [0.2, 0.25) is 0 Å². The van der Waals surface area contributed by atoms with Crippen molar-refractivity contribution in [2.75, 3.05) is 0 Å². The lowest BCUT2D eigenvalue weighted by atomic mass is 10.1. The number of halogens is 5. The van der Waals surface area contributed by atoms with Crippen LogP contribution in [0.3, 0.4) is 0 Å². The van der Waals surface area contributed by atoms with Gasteiger partial charge in [0, 0.05) is 10.0 Å². The molecule has 0 aromatic heterocycles. The minimum atomic E-state index is -4.48. The van der Waals surface area contributed by atoms with Crippen molar-refractivity contribution in [1.82, 2.24) is 0 Å². The zero-order valence-electron chi connectivity index (χ0n) is 11.3. The third kappa shape index (κ3) is 4.44. The molecule has 0 unspecified atom stereocenters. The van der Waals surface area contributed by atoms with Crippen LogP contribution in [0.25, 0.3) is 5.01 Å². The highest BCUT2D eigenvalue weighted by Crippen LogP contribution is 2.36. The Balaban J connectivity index is 2.27. The monoisotopic (exact) mass is 361 g/mol. The summed E-state index contributed by atoms with van der Waals surface area (Å²) >= 11 is 11.8. The van der Waals surface area contributed by atoms with Crippen molar-refractivity contribution in [2.24, 2.45) is 0 Å². The van der Waals surface area contributed by atoms with Crippen LogP contribution in [0.2, 0.25) is 10.0 Å². The average Bonchev–Trinajstić information content (AvgIpc) is 2.48. The Hall–Kier alpha value is -2.10. The topological polar surface area (TPSA) is 36.6 Å². The van der Waals surface area contributed by atoms with Crippen molar-refractivity contribution in [2.45, 2.75) is 12.6 Å². The zero-order chi connectivity index (χ0) is 17.0. The van der Waals surface area contributed by atoms with E-state index in [1.807, 2.05) is 0 Å². The molecule has 0 aliphatic heterocycles. The van der Waals surface area contributed by atoms with E-state index in [9.17, 15) is 18.4 Å². The number of ether oxygens (including phenoxy) is 1. The van der Waals surface area contributed by atoms with Crippen LogP contribution >= 0.6 is 23.2 Å². The predicted molar refractivity (Wildman–Crippen MR) is 82.3 cm³/mol. The quantitative estimate of drug-likeness (QED) is 0.612. The molecule has 0 saturated carbocycles. The summed E-state index contributed by atoms with van der Waals surface area (Å²) in [4.78, 5) is 0. The summed E-state index contributed by atoms with van der Waals surface area (Å²) in [5.41, 5.74) is -0.334. The molecule has 0 aliphatic rings. The first-order chi connectivity index (χ1) is 10.8. The fourth-order valence-electron chi connectivity index (χ4n) is 1.75. The van der Waals surface area contributed by atoms with Gasteiger partial charge in [0.05, 0.1) is 10.6 Å². The number of hydrogen-bond acceptors (Lipinski definition) is 2. The Morgan fingerprint density at radius 3 is 2.43 bits per heavy atom. The maximum atomic E-state index is 12.6. The van der Waals surface area contributed by atoms with Gasteiger partial charge < -0.3 is 9.94 Å². The van der Waals surface area contributed by atoms with E-state index in [0.29, 0.717) is 16.3 Å². The van der Waals surface area contributed by atoms with Gasteiger partial charge in [0.25, 0.3) is 0 Å². The maximum absolute atomic E-state index is 12.6. The second kappa shape index (κ2) is 6.99. The van der Waals surface area contributed by atoms with Gasteiger partial charge in [-0.15, -0.1) is 0 Å². The Kier molecular flexibility index (Phi) is 5.24. The minimum absolute atomic E-state index is 0.0643. The first kappa shape index (κ1) is 17.3. The Bertz CT molecular complexity index is 783. The lowest BCUT2D eigenvalue weighted by molar-refractivity contribution is -0.137. The van der Waals surface area contributed by atoms with Crippen LogP contribution in [0.5, 0.6) is 11.5 Å². The van der Waals surface area contributed by atoms with Crippen molar-refractivity contribution in [3.8, 4) is 17.6 Å². The number of nitrogens with zero attached hydrogens (tertiary/aromatic N) is 1. The van der Waals surface area contributed by atoms with Crippen LogP contribution in [0, 0.1) is 11.3 Å². The zero-order valence-corrected chi connectivity index (χ0v) is 12.8. The maximum Gasteiger partial charge on any atom is 0.416 e. The molecule has 0 fully saturated rings. The first-order valence-corrected chi connectivity index (χ1v) is 6.95. The number of benzene rings is 2. The van der Waals surface area contributed by atoms with Gasteiger partial charge in [-0.3, -0.25) is 0 Å². The van der Waals surface area contributed by atoms with Crippen molar-refractivity contribution >= 4 is 23.2 Å². The van der Waals surface area contributed by atoms with Gasteiger partial charge in [-0.05, 0) is 42.0 Å². The predicted octanol–water partition coefficient (Wildman–Crippen LogP) is 6.18. The van der Waals surface area contributed by atoms with Crippen LogP contribution in [0.1, 0.15) is 11.1 Å². The summed E-state index contributed by atoms with van der Waals surface area (Å²) in [6.07, 6.45) is -4.40. The van der Waals surface area contributed by atoms with Crippen molar-refractivity contribution in [3.63, 3.8) is 0 Å². The van der Waals surface area contributed by atoms with E-state index in [4.69, 9.17) is 27.9 Å². The number of rotatable bonds is 3. The number of alkyl halides is 3. The summed E-state index contributed by atoms with van der Waals surface area (Å²) in [5.74, 6) is 0.369. The molecular weight excluding hydrogens is 354 g/mol. The minimum Gasteiger partial charge on any atom is -0.498 e. The molecule has 0 amide bonds. The summed E-state index contributed by atoms with van der Waals surface area (Å²) in [7, 11) is 0. The van der Waals surface area contributed by atoms with Gasteiger partial charge in [0.15, 0.2) is 0 Å². The van der Waals surface area contributed by atoms with Gasteiger partial charge in [-0.1, -0.05) is 23.2 Å². The van der Waals surface area contributed by atoms with E-state index in [0.717, 1.165) is 18.2 Å². The molecule has 0 bridgehead atoms. The highest BCUT2D eigenvalue weighted by molar-refractivity contribution is 6.32.